The summed E-state index contributed by atoms with van der Waals surface area (Å²) in [7, 11) is -3.60. The Hall–Kier alpha value is -1.89. The first-order valence-corrected chi connectivity index (χ1v) is 10.7. The van der Waals surface area contributed by atoms with Crippen molar-refractivity contribution in [1.29, 1.82) is 0 Å². The van der Waals surface area contributed by atoms with Gasteiger partial charge in [-0.05, 0) is 36.3 Å². The Kier molecular flexibility index (Phi) is 5.10. The summed E-state index contributed by atoms with van der Waals surface area (Å²) in [4.78, 5) is 19.8. The van der Waals surface area contributed by atoms with Crippen LogP contribution in [0, 0.1) is 17.8 Å². The van der Waals surface area contributed by atoms with Crippen LogP contribution in [0.1, 0.15) is 39.7 Å². The lowest BCUT2D eigenvalue weighted by Crippen LogP contribution is -2.48. The zero-order valence-corrected chi connectivity index (χ0v) is 16.6. The molecular formula is C19H27N3O3S. The molecule has 1 saturated heterocycles. The first-order chi connectivity index (χ1) is 12.2. The van der Waals surface area contributed by atoms with Crippen LogP contribution >= 0.6 is 0 Å². The molecule has 0 spiro atoms. The van der Waals surface area contributed by atoms with Gasteiger partial charge < -0.3 is 4.90 Å². The van der Waals surface area contributed by atoms with Gasteiger partial charge >= 0.3 is 0 Å². The van der Waals surface area contributed by atoms with E-state index in [4.69, 9.17) is 0 Å². The molecular weight excluding hydrogens is 350 g/mol. The fraction of sp³-hybridized carbons (Fsp3) is 0.579. The molecule has 3 atom stereocenters. The highest BCUT2D eigenvalue weighted by Gasteiger charge is 2.35. The monoisotopic (exact) mass is 377 g/mol. The van der Waals surface area contributed by atoms with Crippen molar-refractivity contribution >= 4 is 21.8 Å². The number of likely N-dealkylation sites (tertiary alicyclic amines) is 1. The molecule has 1 amide bonds. The minimum absolute atomic E-state index is 0.0190. The number of nitrogens with one attached hydrogen (secondary N) is 1. The highest BCUT2D eigenvalue weighted by molar-refractivity contribution is 7.90. The van der Waals surface area contributed by atoms with Gasteiger partial charge in [0.05, 0.1) is 4.90 Å². The van der Waals surface area contributed by atoms with Gasteiger partial charge in [0.1, 0.15) is 11.9 Å². The lowest BCUT2D eigenvalue weighted by atomic mass is 9.90. The summed E-state index contributed by atoms with van der Waals surface area (Å²) in [5.74, 6) is 1.16. The third-order valence-electron chi connectivity index (χ3n) is 5.00. The van der Waals surface area contributed by atoms with Gasteiger partial charge in [0.15, 0.2) is 0 Å². The fourth-order valence-electron chi connectivity index (χ4n) is 3.89. The maximum absolute atomic E-state index is 13.1. The maximum Gasteiger partial charge on any atom is 0.263 e. The summed E-state index contributed by atoms with van der Waals surface area (Å²) < 4.78 is 27.1. The molecule has 2 aliphatic rings. The standard InChI is InChI=1S/C19H27N3O3S/c1-12(2)17(19(23)22-10-13(3)9-14(4)11-22)20-18-15-7-5-6-8-16(15)26(24,25)21-18/h5-8,12-14,17H,9-11H2,1-4H3,(H,20,21)/t13-,14+,17-/m0/s1. The molecule has 0 bridgehead atoms. The number of amides is 1. The summed E-state index contributed by atoms with van der Waals surface area (Å²) >= 11 is 0. The van der Waals surface area contributed by atoms with E-state index < -0.39 is 16.1 Å². The van der Waals surface area contributed by atoms with Gasteiger partial charge in [-0.15, -0.1) is 0 Å². The first-order valence-electron chi connectivity index (χ1n) is 9.18. The lowest BCUT2D eigenvalue weighted by Gasteiger charge is -2.37. The van der Waals surface area contributed by atoms with Crippen molar-refractivity contribution in [2.75, 3.05) is 13.1 Å². The molecule has 2 aliphatic heterocycles. The van der Waals surface area contributed by atoms with Gasteiger partial charge in [0.2, 0.25) is 5.91 Å². The van der Waals surface area contributed by atoms with Gasteiger partial charge in [-0.3, -0.25) is 14.5 Å². The number of hydrogen-bond donors (Lipinski definition) is 1. The molecule has 1 aromatic rings. The summed E-state index contributed by atoms with van der Waals surface area (Å²) in [6.07, 6.45) is 1.12. The maximum atomic E-state index is 13.1. The molecule has 1 N–H and O–H groups in total. The van der Waals surface area contributed by atoms with Crippen LogP contribution in [0.15, 0.2) is 34.2 Å². The van der Waals surface area contributed by atoms with Crippen molar-refractivity contribution in [3.8, 4) is 0 Å². The van der Waals surface area contributed by atoms with Crippen molar-refractivity contribution in [1.82, 2.24) is 9.62 Å². The summed E-state index contributed by atoms with van der Waals surface area (Å²) in [6, 6.07) is 6.13. The van der Waals surface area contributed by atoms with Crippen LogP contribution in [-0.2, 0) is 14.8 Å². The number of aliphatic imine (C=N–C) groups is 1. The first kappa shape index (κ1) is 18.9. The Morgan fingerprint density at radius 2 is 1.81 bits per heavy atom. The van der Waals surface area contributed by atoms with Gasteiger partial charge in [-0.1, -0.05) is 39.8 Å². The molecule has 0 saturated carbocycles. The predicted molar refractivity (Wildman–Crippen MR) is 101 cm³/mol. The number of carbonyl (C=O) groups excluding carboxylic acids is 1. The van der Waals surface area contributed by atoms with Crippen LogP contribution in [0.3, 0.4) is 0 Å². The van der Waals surface area contributed by atoms with E-state index in [-0.39, 0.29) is 22.6 Å². The average molecular weight is 378 g/mol. The Labute approximate surface area is 155 Å². The van der Waals surface area contributed by atoms with E-state index in [1.807, 2.05) is 18.7 Å². The van der Waals surface area contributed by atoms with Crippen LogP contribution in [-0.4, -0.2) is 44.2 Å². The molecule has 0 aliphatic carbocycles. The summed E-state index contributed by atoms with van der Waals surface area (Å²) in [5, 5.41) is 0. The molecule has 2 heterocycles. The molecule has 0 unspecified atom stereocenters. The predicted octanol–water partition coefficient (Wildman–Crippen LogP) is 2.25. The van der Waals surface area contributed by atoms with Crippen LogP contribution < -0.4 is 4.72 Å². The van der Waals surface area contributed by atoms with Crippen LogP contribution in [0.5, 0.6) is 0 Å². The van der Waals surface area contributed by atoms with E-state index in [0.29, 0.717) is 17.4 Å². The average Bonchev–Trinajstić information content (AvgIpc) is 2.82. The Morgan fingerprint density at radius 3 is 2.42 bits per heavy atom. The van der Waals surface area contributed by atoms with Crippen molar-refractivity contribution in [3.63, 3.8) is 0 Å². The Morgan fingerprint density at radius 1 is 1.19 bits per heavy atom. The van der Waals surface area contributed by atoms with Crippen LogP contribution in [0.2, 0.25) is 0 Å². The highest BCUT2D eigenvalue weighted by Crippen LogP contribution is 2.26. The second kappa shape index (κ2) is 7.02. The molecule has 0 aromatic heterocycles. The van der Waals surface area contributed by atoms with E-state index in [1.54, 1.807) is 24.3 Å². The smallest absolute Gasteiger partial charge is 0.263 e. The van der Waals surface area contributed by atoms with Crippen LogP contribution in [0.4, 0.5) is 0 Å². The van der Waals surface area contributed by atoms with Crippen molar-refractivity contribution < 1.29 is 13.2 Å². The highest BCUT2D eigenvalue weighted by atomic mass is 32.2. The van der Waals surface area contributed by atoms with E-state index in [1.165, 1.54) is 0 Å². The zero-order valence-electron chi connectivity index (χ0n) is 15.8. The topological polar surface area (TPSA) is 78.8 Å². The largest absolute Gasteiger partial charge is 0.340 e. The number of sulfonamides is 1. The fourth-order valence-corrected chi connectivity index (χ4v) is 5.13. The number of fused-ring (bicyclic) bond motifs is 1. The molecule has 1 aromatic carbocycles. The number of rotatable bonds is 3. The summed E-state index contributed by atoms with van der Waals surface area (Å²) in [5.41, 5.74) is 0.534. The molecule has 26 heavy (non-hydrogen) atoms. The third-order valence-corrected chi connectivity index (χ3v) is 6.39. The zero-order chi connectivity index (χ0) is 19.1. The minimum atomic E-state index is -3.60. The lowest BCUT2D eigenvalue weighted by molar-refractivity contribution is -0.136. The molecule has 3 rings (SSSR count). The number of benzene rings is 1. The van der Waals surface area contributed by atoms with E-state index in [9.17, 15) is 13.2 Å². The molecule has 142 valence electrons. The normalized spacial score (nSPS) is 27.3. The number of amidine groups is 1. The summed E-state index contributed by atoms with van der Waals surface area (Å²) in [6.45, 7) is 9.68. The van der Waals surface area contributed by atoms with Crippen molar-refractivity contribution in [2.24, 2.45) is 22.7 Å². The SMILES string of the molecule is CC(C)[C@H](N=C1NS(=O)(=O)c2ccccc21)C(=O)N1C[C@H](C)C[C@H](C)C1. The minimum Gasteiger partial charge on any atom is -0.340 e. The second-order valence-corrected chi connectivity index (χ2v) is 9.61. The van der Waals surface area contributed by atoms with Crippen molar-refractivity contribution in [2.45, 2.75) is 45.1 Å². The third kappa shape index (κ3) is 3.63. The number of hydrogen-bond acceptors (Lipinski definition) is 4. The van der Waals surface area contributed by atoms with Gasteiger partial charge in [0, 0.05) is 18.7 Å². The molecule has 1 fully saturated rings. The van der Waals surface area contributed by atoms with Gasteiger partial charge in [-0.2, -0.15) is 0 Å². The van der Waals surface area contributed by atoms with E-state index in [0.717, 1.165) is 19.5 Å². The number of nitrogens with zero attached hydrogens (tertiary/aromatic N) is 2. The van der Waals surface area contributed by atoms with Gasteiger partial charge in [-0.25, -0.2) is 8.42 Å². The number of carbonyl (C=O) groups is 1. The molecule has 0 radical (unpaired) electrons. The van der Waals surface area contributed by atoms with Crippen LogP contribution in [0.25, 0.3) is 0 Å². The second-order valence-electron chi connectivity index (χ2n) is 7.96. The van der Waals surface area contributed by atoms with Gasteiger partial charge in [0.25, 0.3) is 10.0 Å². The molecule has 7 heteroatoms. The Bertz CT molecular complexity index is 822. The Balaban J connectivity index is 1.92. The quantitative estimate of drug-likeness (QED) is 0.877. The van der Waals surface area contributed by atoms with E-state index >= 15 is 0 Å². The van der Waals surface area contributed by atoms with E-state index in [2.05, 4.69) is 23.6 Å². The van der Waals surface area contributed by atoms with Crippen molar-refractivity contribution in [3.05, 3.63) is 29.8 Å². The number of piperidine rings is 1. The molecule has 6 nitrogen and oxygen atoms in total.